The van der Waals surface area contributed by atoms with E-state index in [2.05, 4.69) is 9.97 Å². The minimum absolute atomic E-state index is 0.0878. The molecule has 1 heterocycles. The highest BCUT2D eigenvalue weighted by Crippen LogP contribution is 2.28. The highest BCUT2D eigenvalue weighted by Gasteiger charge is 2.19. The summed E-state index contributed by atoms with van der Waals surface area (Å²) < 4.78 is 13.9. The monoisotopic (exact) mass is 233 g/mol. The summed E-state index contributed by atoms with van der Waals surface area (Å²) in [5.41, 5.74) is 0.359. The summed E-state index contributed by atoms with van der Waals surface area (Å²) in [5.74, 6) is -0.888. The van der Waals surface area contributed by atoms with Gasteiger partial charge in [-0.1, -0.05) is 6.07 Å². The molecule has 0 aliphatic heterocycles. The highest BCUT2D eigenvalue weighted by atomic mass is 19.1. The van der Waals surface area contributed by atoms with E-state index in [1.165, 1.54) is 24.5 Å². The van der Waals surface area contributed by atoms with E-state index in [0.29, 0.717) is 11.4 Å². The molecule has 86 valence electrons. The third kappa shape index (κ3) is 1.96. The van der Waals surface area contributed by atoms with Crippen LogP contribution in [-0.4, -0.2) is 14.9 Å². The molecule has 0 spiro atoms. The fourth-order valence-electron chi connectivity index (χ4n) is 1.52. The maximum absolute atomic E-state index is 13.9. The molecule has 0 saturated heterocycles. The molecule has 5 nitrogen and oxygen atoms in total. The van der Waals surface area contributed by atoms with Crippen LogP contribution in [0.4, 0.5) is 10.1 Å². The molecule has 0 aliphatic carbocycles. The molecule has 0 aliphatic rings. The largest absolute Gasteiger partial charge is 0.305 e. The lowest BCUT2D eigenvalue weighted by atomic mass is 10.1. The maximum atomic E-state index is 13.9. The van der Waals surface area contributed by atoms with E-state index in [1.54, 1.807) is 6.92 Å². The van der Waals surface area contributed by atoms with Crippen LogP contribution in [0.1, 0.15) is 5.69 Å². The Labute approximate surface area is 96.1 Å². The van der Waals surface area contributed by atoms with Crippen molar-refractivity contribution in [3.8, 4) is 11.3 Å². The van der Waals surface area contributed by atoms with Crippen molar-refractivity contribution in [2.75, 3.05) is 0 Å². The van der Waals surface area contributed by atoms with Crippen LogP contribution in [0.3, 0.4) is 0 Å². The molecule has 2 rings (SSSR count). The lowest BCUT2D eigenvalue weighted by Gasteiger charge is -2.04. The smallest absolute Gasteiger partial charge is 0.258 e. The highest BCUT2D eigenvalue weighted by molar-refractivity contribution is 5.65. The van der Waals surface area contributed by atoms with Crippen molar-refractivity contribution in [1.82, 2.24) is 9.97 Å². The zero-order valence-corrected chi connectivity index (χ0v) is 8.92. The Hall–Kier alpha value is -2.37. The molecule has 0 N–H and O–H groups in total. The van der Waals surface area contributed by atoms with E-state index in [0.717, 1.165) is 6.07 Å². The fraction of sp³-hybridized carbons (Fsp3) is 0.0909. The van der Waals surface area contributed by atoms with E-state index in [1.807, 2.05) is 0 Å². The summed E-state index contributed by atoms with van der Waals surface area (Å²) in [6.45, 7) is 1.67. The van der Waals surface area contributed by atoms with Gasteiger partial charge in [-0.15, -0.1) is 0 Å². The molecule has 0 bridgehead atoms. The van der Waals surface area contributed by atoms with Crippen LogP contribution in [0, 0.1) is 22.9 Å². The van der Waals surface area contributed by atoms with Crippen LogP contribution < -0.4 is 0 Å². The standard InChI is InChI=1S/C11H8FN3O2/c1-7-11(14-6-5-13-7)8-3-2-4-9(10(8)12)15(16)17/h2-6H,1H3. The zero-order chi connectivity index (χ0) is 12.4. The van der Waals surface area contributed by atoms with Gasteiger partial charge in [0.25, 0.3) is 0 Å². The van der Waals surface area contributed by atoms with Gasteiger partial charge in [-0.25, -0.2) is 0 Å². The van der Waals surface area contributed by atoms with Crippen LogP contribution >= 0.6 is 0 Å². The second kappa shape index (κ2) is 4.25. The van der Waals surface area contributed by atoms with Crippen LogP contribution in [0.5, 0.6) is 0 Å². The number of hydrogen-bond acceptors (Lipinski definition) is 4. The molecule has 1 aromatic carbocycles. The van der Waals surface area contributed by atoms with Gasteiger partial charge in [0.05, 0.1) is 16.3 Å². The Kier molecular flexibility index (Phi) is 2.78. The first-order chi connectivity index (χ1) is 8.11. The zero-order valence-electron chi connectivity index (χ0n) is 8.92. The molecule has 0 amide bonds. The molecular weight excluding hydrogens is 225 g/mol. The predicted octanol–water partition coefficient (Wildman–Crippen LogP) is 2.50. The van der Waals surface area contributed by atoms with Crippen LogP contribution in [0.25, 0.3) is 11.3 Å². The molecule has 17 heavy (non-hydrogen) atoms. The second-order valence-electron chi connectivity index (χ2n) is 3.39. The molecule has 2 aromatic rings. The number of nitro benzene ring substituents is 1. The first-order valence-electron chi connectivity index (χ1n) is 4.82. The van der Waals surface area contributed by atoms with Gasteiger partial charge in [0.2, 0.25) is 5.82 Å². The lowest BCUT2D eigenvalue weighted by molar-refractivity contribution is -0.387. The molecule has 0 radical (unpaired) electrons. The first kappa shape index (κ1) is 11.1. The molecule has 0 unspecified atom stereocenters. The van der Waals surface area contributed by atoms with E-state index in [9.17, 15) is 14.5 Å². The van der Waals surface area contributed by atoms with E-state index in [-0.39, 0.29) is 5.56 Å². The van der Waals surface area contributed by atoms with E-state index in [4.69, 9.17) is 0 Å². The van der Waals surface area contributed by atoms with Gasteiger partial charge < -0.3 is 0 Å². The third-order valence-electron chi connectivity index (χ3n) is 2.31. The van der Waals surface area contributed by atoms with Gasteiger partial charge in [-0.2, -0.15) is 4.39 Å². The minimum atomic E-state index is -0.888. The van der Waals surface area contributed by atoms with Gasteiger partial charge in [-0.05, 0) is 13.0 Å². The number of benzene rings is 1. The van der Waals surface area contributed by atoms with Gasteiger partial charge in [0.15, 0.2) is 0 Å². The summed E-state index contributed by atoms with van der Waals surface area (Å²) >= 11 is 0. The summed E-state index contributed by atoms with van der Waals surface area (Å²) in [5, 5.41) is 10.6. The van der Waals surface area contributed by atoms with Crippen molar-refractivity contribution in [1.29, 1.82) is 0 Å². The molecule has 1 aromatic heterocycles. The van der Waals surface area contributed by atoms with Gasteiger partial charge in [0.1, 0.15) is 0 Å². The normalized spacial score (nSPS) is 10.2. The number of nitrogens with zero attached hydrogens (tertiary/aromatic N) is 3. The van der Waals surface area contributed by atoms with Crippen LogP contribution in [0.15, 0.2) is 30.6 Å². The topological polar surface area (TPSA) is 68.9 Å². The van der Waals surface area contributed by atoms with Crippen molar-refractivity contribution < 1.29 is 9.31 Å². The lowest BCUT2D eigenvalue weighted by Crippen LogP contribution is -1.98. The van der Waals surface area contributed by atoms with Gasteiger partial charge in [0, 0.05) is 24.0 Å². The Morgan fingerprint density at radius 2 is 2.00 bits per heavy atom. The SMILES string of the molecule is Cc1nccnc1-c1cccc([N+](=O)[O-])c1F. The minimum Gasteiger partial charge on any atom is -0.258 e. The Morgan fingerprint density at radius 3 is 2.65 bits per heavy atom. The molecule has 0 atom stereocenters. The number of hydrogen-bond donors (Lipinski definition) is 0. The Morgan fingerprint density at radius 1 is 1.29 bits per heavy atom. The Balaban J connectivity index is 2.65. The maximum Gasteiger partial charge on any atom is 0.305 e. The van der Waals surface area contributed by atoms with Crippen molar-refractivity contribution >= 4 is 5.69 Å². The predicted molar refractivity (Wildman–Crippen MR) is 58.8 cm³/mol. The van der Waals surface area contributed by atoms with Crippen LogP contribution in [-0.2, 0) is 0 Å². The van der Waals surface area contributed by atoms with Crippen LogP contribution in [0.2, 0.25) is 0 Å². The first-order valence-corrected chi connectivity index (χ1v) is 4.82. The summed E-state index contributed by atoms with van der Waals surface area (Å²) in [6, 6.07) is 3.98. The molecule has 0 saturated carbocycles. The number of nitro groups is 1. The number of aryl methyl sites for hydroxylation is 1. The average molecular weight is 233 g/mol. The number of aromatic nitrogens is 2. The molecule has 6 heteroatoms. The van der Waals surface area contributed by atoms with Crippen molar-refractivity contribution in [3.63, 3.8) is 0 Å². The summed E-state index contributed by atoms with van der Waals surface area (Å²) in [4.78, 5) is 17.8. The fourth-order valence-corrected chi connectivity index (χ4v) is 1.52. The van der Waals surface area contributed by atoms with Crippen molar-refractivity contribution in [3.05, 3.63) is 52.2 Å². The third-order valence-corrected chi connectivity index (χ3v) is 2.31. The summed E-state index contributed by atoms with van der Waals surface area (Å²) in [6.07, 6.45) is 2.90. The van der Waals surface area contributed by atoms with E-state index >= 15 is 0 Å². The average Bonchev–Trinajstić information content (AvgIpc) is 2.30. The second-order valence-corrected chi connectivity index (χ2v) is 3.39. The van der Waals surface area contributed by atoms with Gasteiger partial charge >= 0.3 is 5.69 Å². The summed E-state index contributed by atoms with van der Waals surface area (Å²) in [7, 11) is 0. The Bertz CT molecular complexity index is 587. The van der Waals surface area contributed by atoms with Crippen molar-refractivity contribution in [2.45, 2.75) is 6.92 Å². The molecular formula is C11H8FN3O2. The number of halogens is 1. The van der Waals surface area contributed by atoms with E-state index < -0.39 is 16.4 Å². The van der Waals surface area contributed by atoms with Gasteiger partial charge in [-0.3, -0.25) is 20.1 Å². The quantitative estimate of drug-likeness (QED) is 0.590. The van der Waals surface area contributed by atoms with Crippen molar-refractivity contribution in [2.24, 2.45) is 0 Å². The molecule has 0 fully saturated rings. The number of rotatable bonds is 2.